The van der Waals surface area contributed by atoms with Crippen LogP contribution in [0.2, 0.25) is 0 Å². The molecular weight excluding hydrogens is 270 g/mol. The maximum Gasteiger partial charge on any atom is 0.320 e. The second-order valence-corrected chi connectivity index (χ2v) is 3.78. The number of carboxylic acids is 3. The van der Waals surface area contributed by atoms with Crippen molar-refractivity contribution in [2.24, 2.45) is 5.73 Å². The smallest absolute Gasteiger partial charge is 0.320 e. The zero-order chi connectivity index (χ0) is 15.7. The highest BCUT2D eigenvalue weighted by Crippen LogP contribution is 2.10. The minimum absolute atomic E-state index is 0.160. The van der Waals surface area contributed by atoms with Crippen LogP contribution in [0.1, 0.15) is 12.0 Å². The van der Waals surface area contributed by atoms with E-state index in [1.807, 2.05) is 0 Å². The third kappa shape index (κ3) is 8.48. The Morgan fingerprint density at radius 3 is 1.75 bits per heavy atom. The summed E-state index contributed by atoms with van der Waals surface area (Å²) in [6.45, 7) is 0. The fourth-order valence-corrected chi connectivity index (χ4v) is 1.10. The predicted octanol–water partition coefficient (Wildman–Crippen LogP) is -0.108. The van der Waals surface area contributed by atoms with Crippen LogP contribution in [0.3, 0.4) is 0 Å². The van der Waals surface area contributed by atoms with Gasteiger partial charge in [0.1, 0.15) is 18.2 Å². The molecule has 1 atom stereocenters. The molecule has 1 unspecified atom stereocenters. The molecule has 6 N–H and O–H groups in total. The van der Waals surface area contributed by atoms with Gasteiger partial charge >= 0.3 is 17.9 Å². The Balaban J connectivity index is 0.000000441. The number of carboxylic acid groups (broad SMARTS) is 3. The van der Waals surface area contributed by atoms with Crippen molar-refractivity contribution in [2.75, 3.05) is 0 Å². The van der Waals surface area contributed by atoms with Crippen molar-refractivity contribution in [3.05, 3.63) is 29.8 Å². The molecule has 20 heavy (non-hydrogen) atoms. The number of rotatable bonds is 5. The molecule has 0 bridgehead atoms. The summed E-state index contributed by atoms with van der Waals surface area (Å²) in [6, 6.07) is 5.42. The lowest BCUT2D eigenvalue weighted by Gasteiger charge is -2.05. The Hall–Kier alpha value is -2.61. The summed E-state index contributed by atoms with van der Waals surface area (Å²) in [5.41, 5.74) is 6.12. The van der Waals surface area contributed by atoms with Crippen LogP contribution in [-0.4, -0.2) is 44.4 Å². The molecule has 0 aromatic heterocycles. The van der Waals surface area contributed by atoms with E-state index in [1.165, 1.54) is 12.1 Å². The quantitative estimate of drug-likeness (QED) is 0.469. The van der Waals surface area contributed by atoms with Gasteiger partial charge in [0.05, 0.1) is 0 Å². The number of benzene rings is 1. The summed E-state index contributed by atoms with van der Waals surface area (Å²) in [7, 11) is 0. The molecule has 0 amide bonds. The molecule has 1 rings (SSSR count). The Bertz CT molecular complexity index is 457. The Kier molecular flexibility index (Phi) is 7.38. The molecule has 0 aliphatic rings. The van der Waals surface area contributed by atoms with Crippen LogP contribution in [-0.2, 0) is 20.8 Å². The van der Waals surface area contributed by atoms with E-state index in [1.54, 1.807) is 12.1 Å². The van der Waals surface area contributed by atoms with Crippen LogP contribution in [0, 0.1) is 0 Å². The Morgan fingerprint density at radius 2 is 1.45 bits per heavy atom. The molecule has 8 heteroatoms. The minimum Gasteiger partial charge on any atom is -0.508 e. The topological polar surface area (TPSA) is 158 Å². The van der Waals surface area contributed by atoms with Crippen LogP contribution < -0.4 is 5.73 Å². The fourth-order valence-electron chi connectivity index (χ4n) is 1.10. The van der Waals surface area contributed by atoms with E-state index in [0.29, 0.717) is 0 Å². The average Bonchev–Trinajstić information content (AvgIpc) is 2.31. The predicted molar refractivity (Wildman–Crippen MR) is 67.3 cm³/mol. The molecule has 0 heterocycles. The van der Waals surface area contributed by atoms with E-state index in [4.69, 9.17) is 26.2 Å². The molecule has 0 radical (unpaired) electrons. The second-order valence-electron chi connectivity index (χ2n) is 3.78. The van der Waals surface area contributed by atoms with Gasteiger partial charge in [-0.15, -0.1) is 0 Å². The highest BCUT2D eigenvalue weighted by atomic mass is 16.4. The lowest BCUT2D eigenvalue weighted by molar-refractivity contribution is -0.147. The van der Waals surface area contributed by atoms with E-state index in [2.05, 4.69) is 0 Å². The van der Waals surface area contributed by atoms with Crippen molar-refractivity contribution in [3.8, 4) is 5.75 Å². The van der Waals surface area contributed by atoms with Gasteiger partial charge in [0.15, 0.2) is 0 Å². The number of nitrogens with two attached hydrogens (primary N) is 1. The van der Waals surface area contributed by atoms with Gasteiger partial charge in [0.2, 0.25) is 0 Å². The minimum atomic E-state index is -1.31. The van der Waals surface area contributed by atoms with Crippen molar-refractivity contribution >= 4 is 17.9 Å². The van der Waals surface area contributed by atoms with Gasteiger partial charge < -0.3 is 26.2 Å². The second kappa shape index (κ2) is 8.48. The molecule has 1 aromatic carbocycles. The maximum absolute atomic E-state index is 10.4. The van der Waals surface area contributed by atoms with Crippen molar-refractivity contribution in [1.82, 2.24) is 0 Å². The molecule has 0 saturated carbocycles. The summed E-state index contributed by atoms with van der Waals surface area (Å²) >= 11 is 0. The van der Waals surface area contributed by atoms with Gasteiger partial charge in [-0.25, -0.2) is 0 Å². The Labute approximate surface area is 114 Å². The van der Waals surface area contributed by atoms with Crippen molar-refractivity contribution < 1.29 is 34.8 Å². The SMILES string of the molecule is NC(Cc1ccc(O)cc1)C(=O)O.O=C(O)CC(=O)O. The summed E-state index contributed by atoms with van der Waals surface area (Å²) in [4.78, 5) is 29.3. The van der Waals surface area contributed by atoms with Gasteiger partial charge in [0, 0.05) is 0 Å². The summed E-state index contributed by atoms with van der Waals surface area (Å²) < 4.78 is 0. The monoisotopic (exact) mass is 285 g/mol. The molecule has 0 aliphatic carbocycles. The third-order valence-corrected chi connectivity index (χ3v) is 2.01. The zero-order valence-corrected chi connectivity index (χ0v) is 10.4. The number of carbonyl (C=O) groups is 3. The van der Waals surface area contributed by atoms with E-state index in [9.17, 15) is 14.4 Å². The third-order valence-electron chi connectivity index (χ3n) is 2.01. The number of phenols is 1. The first-order valence-electron chi connectivity index (χ1n) is 5.42. The van der Waals surface area contributed by atoms with Crippen LogP contribution in [0.4, 0.5) is 0 Å². The first-order chi connectivity index (χ1) is 9.22. The summed E-state index contributed by atoms with van der Waals surface area (Å²) in [6.07, 6.45) is -0.532. The first-order valence-corrected chi connectivity index (χ1v) is 5.42. The Morgan fingerprint density at radius 1 is 1.00 bits per heavy atom. The number of aliphatic carboxylic acids is 3. The van der Waals surface area contributed by atoms with Crippen molar-refractivity contribution in [1.29, 1.82) is 0 Å². The number of hydrogen-bond donors (Lipinski definition) is 5. The van der Waals surface area contributed by atoms with Gasteiger partial charge in [-0.1, -0.05) is 12.1 Å². The van der Waals surface area contributed by atoms with Gasteiger partial charge in [-0.3, -0.25) is 14.4 Å². The van der Waals surface area contributed by atoms with Crippen LogP contribution in [0.5, 0.6) is 5.75 Å². The molecule has 0 spiro atoms. The van der Waals surface area contributed by atoms with Crippen molar-refractivity contribution in [2.45, 2.75) is 18.9 Å². The highest BCUT2D eigenvalue weighted by Gasteiger charge is 2.11. The molecule has 0 saturated heterocycles. The number of hydrogen-bond acceptors (Lipinski definition) is 5. The fraction of sp³-hybridized carbons (Fsp3) is 0.250. The number of aromatic hydroxyl groups is 1. The van der Waals surface area contributed by atoms with Gasteiger partial charge in [-0.05, 0) is 24.1 Å². The van der Waals surface area contributed by atoms with E-state index < -0.39 is 30.4 Å². The van der Waals surface area contributed by atoms with Gasteiger partial charge in [-0.2, -0.15) is 0 Å². The average molecular weight is 285 g/mol. The standard InChI is InChI=1S/C9H11NO3.C3H4O4/c10-8(9(12)13)5-6-1-3-7(11)4-2-6;4-2(5)1-3(6)7/h1-4,8,11H,5,10H2,(H,12,13);1H2,(H,4,5)(H,6,7). The van der Waals surface area contributed by atoms with E-state index in [0.717, 1.165) is 5.56 Å². The van der Waals surface area contributed by atoms with E-state index in [-0.39, 0.29) is 12.2 Å². The van der Waals surface area contributed by atoms with Crippen molar-refractivity contribution in [3.63, 3.8) is 0 Å². The summed E-state index contributed by atoms with van der Waals surface area (Å²) in [5.74, 6) is -3.49. The van der Waals surface area contributed by atoms with Crippen LogP contribution in [0.25, 0.3) is 0 Å². The number of phenolic OH excluding ortho intramolecular Hbond substituents is 1. The zero-order valence-electron chi connectivity index (χ0n) is 10.4. The summed E-state index contributed by atoms with van der Waals surface area (Å²) in [5, 5.41) is 32.9. The molecule has 8 nitrogen and oxygen atoms in total. The lowest BCUT2D eigenvalue weighted by atomic mass is 10.1. The van der Waals surface area contributed by atoms with E-state index >= 15 is 0 Å². The van der Waals surface area contributed by atoms with Crippen LogP contribution >= 0.6 is 0 Å². The lowest BCUT2D eigenvalue weighted by Crippen LogP contribution is -2.32. The maximum atomic E-state index is 10.4. The molecule has 0 fully saturated rings. The normalized spacial score (nSPS) is 10.8. The highest BCUT2D eigenvalue weighted by molar-refractivity contribution is 5.88. The molecule has 0 aliphatic heterocycles. The molecule has 110 valence electrons. The van der Waals surface area contributed by atoms with Crippen LogP contribution in [0.15, 0.2) is 24.3 Å². The first kappa shape index (κ1) is 17.4. The van der Waals surface area contributed by atoms with Gasteiger partial charge in [0.25, 0.3) is 0 Å². The largest absolute Gasteiger partial charge is 0.508 e. The molecule has 1 aromatic rings. The molecular formula is C12H15NO7.